The first-order valence-corrected chi connectivity index (χ1v) is 7.30. The highest BCUT2D eigenvalue weighted by molar-refractivity contribution is 5.38. The molecular formula is C16H23NO. The highest BCUT2D eigenvalue weighted by Gasteiger charge is 2.28. The Labute approximate surface area is 110 Å². The number of aromatic hydroxyl groups is 1. The first kappa shape index (κ1) is 12.0. The molecule has 1 fully saturated rings. The minimum absolute atomic E-state index is 0.418. The van der Waals surface area contributed by atoms with Crippen molar-refractivity contribution in [3.8, 4) is 5.75 Å². The third-order valence-corrected chi connectivity index (χ3v) is 4.67. The third kappa shape index (κ3) is 2.26. The van der Waals surface area contributed by atoms with Gasteiger partial charge in [-0.2, -0.15) is 0 Å². The van der Waals surface area contributed by atoms with Gasteiger partial charge in [0.1, 0.15) is 5.75 Å². The van der Waals surface area contributed by atoms with Gasteiger partial charge in [-0.1, -0.05) is 13.0 Å². The average Bonchev–Trinajstić information content (AvgIpc) is 2.38. The van der Waals surface area contributed by atoms with E-state index >= 15 is 0 Å². The van der Waals surface area contributed by atoms with Crippen LogP contribution in [-0.2, 0) is 6.42 Å². The van der Waals surface area contributed by atoms with Crippen molar-refractivity contribution < 1.29 is 5.11 Å². The van der Waals surface area contributed by atoms with Crippen LogP contribution in [0.5, 0.6) is 5.75 Å². The Morgan fingerprint density at radius 2 is 1.94 bits per heavy atom. The number of rotatable bonds is 1. The van der Waals surface area contributed by atoms with Crippen molar-refractivity contribution in [2.75, 3.05) is 13.1 Å². The van der Waals surface area contributed by atoms with Crippen molar-refractivity contribution in [3.05, 3.63) is 29.3 Å². The summed E-state index contributed by atoms with van der Waals surface area (Å²) in [4.78, 5) is 2.66. The van der Waals surface area contributed by atoms with E-state index in [0.717, 1.165) is 12.3 Å². The standard InChI is InChI=1S/C16H23NO/c1-12-7-9-17(10-8-12)16-4-2-3-13-11-14(18)5-6-15(13)16/h5-6,11-12,16,18H,2-4,7-10H2,1H3. The van der Waals surface area contributed by atoms with Crippen LogP contribution in [0.4, 0.5) is 0 Å². The fourth-order valence-corrected chi connectivity index (χ4v) is 3.49. The fourth-order valence-electron chi connectivity index (χ4n) is 3.49. The highest BCUT2D eigenvalue weighted by atomic mass is 16.3. The zero-order valence-corrected chi connectivity index (χ0v) is 11.2. The molecule has 0 spiro atoms. The average molecular weight is 245 g/mol. The molecule has 0 radical (unpaired) electrons. The van der Waals surface area contributed by atoms with Crippen molar-refractivity contribution in [1.82, 2.24) is 4.90 Å². The Hall–Kier alpha value is -1.02. The number of phenols is 1. The molecule has 2 heteroatoms. The molecule has 3 rings (SSSR count). The lowest BCUT2D eigenvalue weighted by molar-refractivity contribution is 0.125. The molecule has 1 aromatic carbocycles. The predicted molar refractivity (Wildman–Crippen MR) is 73.8 cm³/mol. The molecule has 1 saturated heterocycles. The Bertz CT molecular complexity index is 421. The van der Waals surface area contributed by atoms with Gasteiger partial charge in [-0.15, -0.1) is 0 Å². The van der Waals surface area contributed by atoms with Gasteiger partial charge in [0, 0.05) is 6.04 Å². The number of nitrogens with zero attached hydrogens (tertiary/aromatic N) is 1. The number of hydrogen-bond donors (Lipinski definition) is 1. The van der Waals surface area contributed by atoms with E-state index in [-0.39, 0.29) is 0 Å². The lowest BCUT2D eigenvalue weighted by Crippen LogP contribution is -2.37. The maximum atomic E-state index is 9.61. The summed E-state index contributed by atoms with van der Waals surface area (Å²) in [6.07, 6.45) is 6.34. The lowest BCUT2D eigenvalue weighted by atomic mass is 9.85. The van der Waals surface area contributed by atoms with E-state index in [1.54, 1.807) is 0 Å². The highest BCUT2D eigenvalue weighted by Crippen LogP contribution is 2.37. The van der Waals surface area contributed by atoms with Gasteiger partial charge in [0.05, 0.1) is 0 Å². The van der Waals surface area contributed by atoms with E-state index in [1.807, 2.05) is 12.1 Å². The van der Waals surface area contributed by atoms with Crippen molar-refractivity contribution in [2.45, 2.75) is 45.1 Å². The second-order valence-electron chi connectivity index (χ2n) is 6.01. The van der Waals surface area contributed by atoms with Gasteiger partial charge in [-0.05, 0) is 74.4 Å². The molecule has 2 aliphatic rings. The number of aryl methyl sites for hydroxylation is 1. The summed E-state index contributed by atoms with van der Waals surface area (Å²) in [5, 5.41) is 9.61. The Morgan fingerprint density at radius 1 is 1.17 bits per heavy atom. The third-order valence-electron chi connectivity index (χ3n) is 4.67. The maximum Gasteiger partial charge on any atom is 0.115 e. The molecule has 1 unspecified atom stereocenters. The van der Waals surface area contributed by atoms with Gasteiger partial charge in [0.25, 0.3) is 0 Å². The first-order valence-electron chi connectivity index (χ1n) is 7.30. The van der Waals surface area contributed by atoms with Crippen molar-refractivity contribution in [2.24, 2.45) is 5.92 Å². The summed E-state index contributed by atoms with van der Waals surface area (Å²) in [5.41, 5.74) is 2.83. The van der Waals surface area contributed by atoms with Gasteiger partial charge < -0.3 is 5.11 Å². The Morgan fingerprint density at radius 3 is 2.72 bits per heavy atom. The summed E-state index contributed by atoms with van der Waals surface area (Å²) in [6, 6.07) is 6.56. The molecule has 1 N–H and O–H groups in total. The SMILES string of the molecule is CC1CCN(C2CCCc3cc(O)ccc32)CC1. The predicted octanol–water partition coefficient (Wildman–Crippen LogP) is 3.50. The molecule has 2 nitrogen and oxygen atoms in total. The summed E-state index contributed by atoms with van der Waals surface area (Å²) >= 11 is 0. The number of fused-ring (bicyclic) bond motifs is 1. The van der Waals surface area contributed by atoms with E-state index < -0.39 is 0 Å². The van der Waals surface area contributed by atoms with E-state index in [9.17, 15) is 5.11 Å². The van der Waals surface area contributed by atoms with Crippen LogP contribution in [0.3, 0.4) is 0 Å². The molecule has 0 bridgehead atoms. The topological polar surface area (TPSA) is 23.5 Å². The maximum absolute atomic E-state index is 9.61. The van der Waals surface area contributed by atoms with Crippen LogP contribution < -0.4 is 0 Å². The van der Waals surface area contributed by atoms with Crippen molar-refractivity contribution in [3.63, 3.8) is 0 Å². The smallest absolute Gasteiger partial charge is 0.115 e. The second kappa shape index (κ2) is 4.93. The minimum Gasteiger partial charge on any atom is -0.508 e. The van der Waals surface area contributed by atoms with Crippen molar-refractivity contribution >= 4 is 0 Å². The van der Waals surface area contributed by atoms with Crippen LogP contribution >= 0.6 is 0 Å². The molecule has 1 aromatic rings. The van der Waals surface area contributed by atoms with E-state index in [4.69, 9.17) is 0 Å². The van der Waals surface area contributed by atoms with E-state index in [1.165, 1.54) is 49.9 Å². The molecule has 1 atom stereocenters. The van der Waals surface area contributed by atoms with Gasteiger partial charge in [0.2, 0.25) is 0 Å². The summed E-state index contributed by atoms with van der Waals surface area (Å²) in [7, 11) is 0. The van der Waals surface area contributed by atoms with Gasteiger partial charge in [-0.25, -0.2) is 0 Å². The zero-order valence-electron chi connectivity index (χ0n) is 11.2. The number of likely N-dealkylation sites (tertiary alicyclic amines) is 1. The monoisotopic (exact) mass is 245 g/mol. The quantitative estimate of drug-likeness (QED) is 0.818. The van der Waals surface area contributed by atoms with Crippen LogP contribution in [-0.4, -0.2) is 23.1 Å². The van der Waals surface area contributed by atoms with E-state index in [0.29, 0.717) is 11.8 Å². The largest absolute Gasteiger partial charge is 0.508 e. The lowest BCUT2D eigenvalue weighted by Gasteiger charge is -2.39. The molecule has 98 valence electrons. The van der Waals surface area contributed by atoms with Gasteiger partial charge >= 0.3 is 0 Å². The molecule has 1 aliphatic carbocycles. The first-order chi connectivity index (χ1) is 8.74. The van der Waals surface area contributed by atoms with Crippen LogP contribution in [0.25, 0.3) is 0 Å². The molecule has 1 aliphatic heterocycles. The number of piperidine rings is 1. The van der Waals surface area contributed by atoms with Crippen LogP contribution in [0.1, 0.15) is 49.8 Å². The molecule has 1 heterocycles. The number of phenolic OH excluding ortho intramolecular Hbond substituents is 1. The molecule has 0 amide bonds. The van der Waals surface area contributed by atoms with Gasteiger partial charge in [-0.3, -0.25) is 4.90 Å². The number of hydrogen-bond acceptors (Lipinski definition) is 2. The molecule has 0 aromatic heterocycles. The number of benzene rings is 1. The zero-order chi connectivity index (χ0) is 12.5. The summed E-state index contributed by atoms with van der Waals surface area (Å²) < 4.78 is 0. The van der Waals surface area contributed by atoms with Crippen LogP contribution in [0.15, 0.2) is 18.2 Å². The second-order valence-corrected chi connectivity index (χ2v) is 6.01. The minimum atomic E-state index is 0.418. The summed E-state index contributed by atoms with van der Waals surface area (Å²) in [5.74, 6) is 1.31. The molecule has 18 heavy (non-hydrogen) atoms. The molecular weight excluding hydrogens is 222 g/mol. The van der Waals surface area contributed by atoms with Crippen LogP contribution in [0, 0.1) is 5.92 Å². The Kier molecular flexibility index (Phi) is 3.29. The van der Waals surface area contributed by atoms with E-state index in [2.05, 4.69) is 17.9 Å². The Balaban J connectivity index is 1.82. The molecule has 0 saturated carbocycles. The fraction of sp³-hybridized carbons (Fsp3) is 0.625. The summed E-state index contributed by atoms with van der Waals surface area (Å²) in [6.45, 7) is 4.85. The normalized spacial score (nSPS) is 25.9. The van der Waals surface area contributed by atoms with Gasteiger partial charge in [0.15, 0.2) is 0 Å². The van der Waals surface area contributed by atoms with Crippen molar-refractivity contribution in [1.29, 1.82) is 0 Å². The van der Waals surface area contributed by atoms with Crippen LogP contribution in [0.2, 0.25) is 0 Å².